The highest BCUT2D eigenvalue weighted by molar-refractivity contribution is 7.92. The van der Waals surface area contributed by atoms with Crippen LogP contribution < -0.4 is 14.9 Å². The van der Waals surface area contributed by atoms with Crippen molar-refractivity contribution in [2.24, 2.45) is 0 Å². The zero-order valence-corrected chi connectivity index (χ0v) is 17.9. The molecule has 3 rings (SSSR count). The second-order valence-corrected chi connectivity index (χ2v) is 9.00. The van der Waals surface area contributed by atoms with Gasteiger partial charge in [-0.25, -0.2) is 8.42 Å². The van der Waals surface area contributed by atoms with Crippen molar-refractivity contribution >= 4 is 39.2 Å². The third-order valence-electron chi connectivity index (χ3n) is 4.94. The molecule has 2 amide bonds. The molecule has 0 fully saturated rings. The lowest BCUT2D eigenvalue weighted by atomic mass is 10.1. The molecule has 31 heavy (non-hydrogen) atoms. The van der Waals surface area contributed by atoms with Gasteiger partial charge in [-0.2, -0.15) is 0 Å². The van der Waals surface area contributed by atoms with Crippen LogP contribution in [0.25, 0.3) is 0 Å². The van der Waals surface area contributed by atoms with Crippen LogP contribution in [0.15, 0.2) is 47.4 Å². The van der Waals surface area contributed by atoms with Gasteiger partial charge in [0.05, 0.1) is 11.3 Å². The van der Waals surface area contributed by atoms with E-state index in [9.17, 15) is 22.8 Å². The first kappa shape index (κ1) is 22.3. The third-order valence-corrected chi connectivity index (χ3v) is 6.32. The standard InChI is InChI=1S/C21H23N3O6S/c1-13-11-16-12-18(7-8-19(16)24(13)14(2)25)31(29,30)23-17-5-3-15(4-6-17)21(28)22-10-9-20(26)27/h3-8,12-13,23H,9-11H2,1-2H3,(H,22,28)(H,26,27). The van der Waals surface area contributed by atoms with Crippen LogP contribution in [0.5, 0.6) is 0 Å². The first-order valence-corrected chi connectivity index (χ1v) is 11.1. The lowest BCUT2D eigenvalue weighted by Crippen LogP contribution is -2.33. The summed E-state index contributed by atoms with van der Waals surface area (Å²) in [5.74, 6) is -1.55. The molecule has 10 heteroatoms. The van der Waals surface area contributed by atoms with E-state index < -0.39 is 21.9 Å². The number of sulfonamides is 1. The molecular weight excluding hydrogens is 422 g/mol. The SMILES string of the molecule is CC(=O)N1c2ccc(S(=O)(=O)Nc3ccc(C(=O)NCCC(=O)O)cc3)cc2CC1C. The fourth-order valence-corrected chi connectivity index (χ4v) is 4.65. The average Bonchev–Trinajstić information content (AvgIpc) is 3.03. The van der Waals surface area contributed by atoms with Crippen LogP contribution in [0.4, 0.5) is 11.4 Å². The summed E-state index contributed by atoms with van der Waals surface area (Å²) in [5, 5.41) is 11.1. The maximum atomic E-state index is 12.8. The highest BCUT2D eigenvalue weighted by Crippen LogP contribution is 2.34. The van der Waals surface area contributed by atoms with Crippen LogP contribution in [0.1, 0.15) is 36.2 Å². The van der Waals surface area contributed by atoms with Gasteiger partial charge in [-0.15, -0.1) is 0 Å². The minimum Gasteiger partial charge on any atom is -0.481 e. The van der Waals surface area contributed by atoms with Crippen LogP contribution in [0.3, 0.4) is 0 Å². The number of aliphatic carboxylic acids is 1. The van der Waals surface area contributed by atoms with Gasteiger partial charge >= 0.3 is 5.97 Å². The van der Waals surface area contributed by atoms with Gasteiger partial charge in [-0.05, 0) is 61.4 Å². The van der Waals surface area contributed by atoms with Gasteiger partial charge in [0, 0.05) is 36.4 Å². The minimum atomic E-state index is -3.87. The number of benzene rings is 2. The Balaban J connectivity index is 1.71. The van der Waals surface area contributed by atoms with E-state index in [2.05, 4.69) is 10.0 Å². The van der Waals surface area contributed by atoms with E-state index in [1.165, 1.54) is 37.3 Å². The van der Waals surface area contributed by atoms with Gasteiger partial charge < -0.3 is 15.3 Å². The highest BCUT2D eigenvalue weighted by Gasteiger charge is 2.30. The van der Waals surface area contributed by atoms with E-state index in [1.54, 1.807) is 17.0 Å². The van der Waals surface area contributed by atoms with Gasteiger partial charge in [0.2, 0.25) is 5.91 Å². The van der Waals surface area contributed by atoms with Gasteiger partial charge in [0.25, 0.3) is 15.9 Å². The molecule has 0 aliphatic carbocycles. The predicted octanol–water partition coefficient (Wildman–Crippen LogP) is 1.99. The Kier molecular flexibility index (Phi) is 6.30. The lowest BCUT2D eigenvalue weighted by Gasteiger charge is -2.20. The van der Waals surface area contributed by atoms with E-state index in [-0.39, 0.29) is 41.1 Å². The number of carbonyl (C=O) groups excluding carboxylic acids is 2. The molecule has 3 N–H and O–H groups in total. The van der Waals surface area contributed by atoms with E-state index in [1.807, 2.05) is 6.92 Å². The number of hydrogen-bond acceptors (Lipinski definition) is 5. The first-order chi connectivity index (χ1) is 14.6. The monoisotopic (exact) mass is 445 g/mol. The van der Waals surface area contributed by atoms with Crippen molar-refractivity contribution < 1.29 is 27.9 Å². The molecule has 0 spiro atoms. The first-order valence-electron chi connectivity index (χ1n) is 9.64. The fraction of sp³-hybridized carbons (Fsp3) is 0.286. The topological polar surface area (TPSA) is 133 Å². The second kappa shape index (κ2) is 8.76. The summed E-state index contributed by atoms with van der Waals surface area (Å²) < 4.78 is 28.1. The van der Waals surface area contributed by atoms with Crippen molar-refractivity contribution in [3.63, 3.8) is 0 Å². The zero-order valence-electron chi connectivity index (χ0n) is 17.1. The van der Waals surface area contributed by atoms with Crippen molar-refractivity contribution in [2.75, 3.05) is 16.2 Å². The fourth-order valence-electron chi connectivity index (χ4n) is 3.54. The summed E-state index contributed by atoms with van der Waals surface area (Å²) in [7, 11) is -3.87. The van der Waals surface area contributed by atoms with E-state index in [0.29, 0.717) is 6.42 Å². The second-order valence-electron chi connectivity index (χ2n) is 7.32. The number of hydrogen-bond donors (Lipinski definition) is 3. The van der Waals surface area contributed by atoms with E-state index in [0.717, 1.165) is 11.3 Å². The summed E-state index contributed by atoms with van der Waals surface area (Å²) in [6, 6.07) is 10.4. The van der Waals surface area contributed by atoms with E-state index in [4.69, 9.17) is 5.11 Å². The number of nitrogens with one attached hydrogen (secondary N) is 2. The molecule has 1 aliphatic rings. The highest BCUT2D eigenvalue weighted by atomic mass is 32.2. The van der Waals surface area contributed by atoms with Crippen molar-refractivity contribution in [1.29, 1.82) is 0 Å². The van der Waals surface area contributed by atoms with Crippen LogP contribution in [0.2, 0.25) is 0 Å². The normalized spacial score (nSPS) is 15.3. The Morgan fingerprint density at radius 2 is 1.81 bits per heavy atom. The van der Waals surface area contributed by atoms with Gasteiger partial charge in [0.1, 0.15) is 0 Å². The molecule has 0 radical (unpaired) electrons. The Morgan fingerprint density at radius 3 is 2.42 bits per heavy atom. The zero-order chi connectivity index (χ0) is 22.8. The van der Waals surface area contributed by atoms with Gasteiger partial charge in [0.15, 0.2) is 0 Å². The number of amides is 2. The smallest absolute Gasteiger partial charge is 0.305 e. The number of anilines is 2. The number of carboxylic acid groups (broad SMARTS) is 1. The average molecular weight is 445 g/mol. The molecule has 0 aromatic heterocycles. The third kappa shape index (κ3) is 5.02. The number of nitrogens with zero attached hydrogens (tertiary/aromatic N) is 1. The minimum absolute atomic E-state index is 0.000546. The molecule has 2 aromatic carbocycles. The van der Waals surface area contributed by atoms with Crippen molar-refractivity contribution in [1.82, 2.24) is 5.32 Å². The maximum Gasteiger partial charge on any atom is 0.305 e. The Hall–Kier alpha value is -3.40. The molecule has 0 saturated carbocycles. The van der Waals surface area contributed by atoms with Crippen LogP contribution in [-0.2, 0) is 26.0 Å². The molecule has 9 nitrogen and oxygen atoms in total. The van der Waals surface area contributed by atoms with E-state index >= 15 is 0 Å². The lowest BCUT2D eigenvalue weighted by molar-refractivity contribution is -0.136. The molecule has 1 atom stereocenters. The summed E-state index contributed by atoms with van der Waals surface area (Å²) in [4.78, 5) is 36.1. The summed E-state index contributed by atoms with van der Waals surface area (Å²) >= 11 is 0. The summed E-state index contributed by atoms with van der Waals surface area (Å²) in [6.07, 6.45) is 0.386. The molecule has 1 heterocycles. The molecular formula is C21H23N3O6S. The predicted molar refractivity (Wildman–Crippen MR) is 115 cm³/mol. The quantitative estimate of drug-likeness (QED) is 0.597. The summed E-state index contributed by atoms with van der Waals surface area (Å²) in [6.45, 7) is 3.39. The molecule has 1 aliphatic heterocycles. The number of carboxylic acids is 1. The largest absolute Gasteiger partial charge is 0.481 e. The Morgan fingerprint density at radius 1 is 1.13 bits per heavy atom. The van der Waals surface area contributed by atoms with Crippen LogP contribution in [0, 0.1) is 0 Å². The number of fused-ring (bicyclic) bond motifs is 1. The number of carbonyl (C=O) groups is 3. The van der Waals surface area contributed by atoms with Crippen molar-refractivity contribution in [2.45, 2.75) is 37.6 Å². The molecule has 0 bridgehead atoms. The molecule has 2 aromatic rings. The van der Waals surface area contributed by atoms with Crippen molar-refractivity contribution in [3.05, 3.63) is 53.6 Å². The Labute approximate surface area is 180 Å². The Bertz CT molecular complexity index is 1130. The molecule has 0 saturated heterocycles. The van der Waals surface area contributed by atoms with Crippen molar-refractivity contribution in [3.8, 4) is 0 Å². The van der Waals surface area contributed by atoms with Gasteiger partial charge in [-0.3, -0.25) is 19.1 Å². The number of rotatable bonds is 7. The molecule has 1 unspecified atom stereocenters. The molecule has 164 valence electrons. The van der Waals surface area contributed by atoms with Crippen LogP contribution >= 0.6 is 0 Å². The maximum absolute atomic E-state index is 12.8. The summed E-state index contributed by atoms with van der Waals surface area (Å²) in [5.41, 5.74) is 2.07. The van der Waals surface area contributed by atoms with Crippen LogP contribution in [-0.4, -0.2) is 43.9 Å². The van der Waals surface area contributed by atoms with Gasteiger partial charge in [-0.1, -0.05) is 0 Å².